The Morgan fingerprint density at radius 1 is 1.50 bits per heavy atom. The van der Waals surface area contributed by atoms with Crippen molar-refractivity contribution >= 4 is 6.29 Å². The lowest BCUT2D eigenvalue weighted by atomic mass is 10.1. The molecule has 1 rings (SSSR count). The van der Waals surface area contributed by atoms with Crippen LogP contribution in [0.25, 0.3) is 0 Å². The molecule has 0 amide bonds. The summed E-state index contributed by atoms with van der Waals surface area (Å²) in [6.45, 7) is 2.18. The van der Waals surface area contributed by atoms with Gasteiger partial charge in [0.25, 0.3) is 0 Å². The Morgan fingerprint density at radius 2 is 2.33 bits per heavy atom. The second kappa shape index (κ2) is 4.75. The van der Waals surface area contributed by atoms with E-state index in [0.717, 1.165) is 24.0 Å². The van der Waals surface area contributed by atoms with E-state index >= 15 is 0 Å². The molecule has 0 aliphatic carbocycles. The van der Waals surface area contributed by atoms with Crippen LogP contribution in [0.2, 0.25) is 0 Å². The van der Waals surface area contributed by atoms with E-state index in [0.29, 0.717) is 0 Å². The minimum absolute atomic E-state index is 0.742. The molecule has 0 atom stereocenters. The second-order valence-corrected chi connectivity index (χ2v) is 2.99. The van der Waals surface area contributed by atoms with Gasteiger partial charge in [-0.1, -0.05) is 19.8 Å². The summed E-state index contributed by atoms with van der Waals surface area (Å²) in [7, 11) is 0. The predicted molar refractivity (Wildman–Crippen MR) is 49.4 cm³/mol. The van der Waals surface area contributed by atoms with Crippen LogP contribution in [-0.2, 0) is 6.42 Å². The van der Waals surface area contributed by atoms with Gasteiger partial charge in [0.1, 0.15) is 0 Å². The smallest absolute Gasteiger partial charge is 0.166 e. The third-order valence-corrected chi connectivity index (χ3v) is 2.04. The summed E-state index contributed by atoms with van der Waals surface area (Å²) in [4.78, 5) is 13.4. The van der Waals surface area contributed by atoms with Crippen molar-refractivity contribution in [1.29, 1.82) is 0 Å². The molecular weight excluding hydrogens is 150 g/mol. The quantitative estimate of drug-likeness (QED) is 0.528. The maximum absolute atomic E-state index is 10.5. The van der Waals surface area contributed by atoms with Crippen LogP contribution in [0.15, 0.2) is 12.3 Å². The third-order valence-electron chi connectivity index (χ3n) is 2.04. The first kappa shape index (κ1) is 9.04. The van der Waals surface area contributed by atoms with Crippen molar-refractivity contribution in [3.8, 4) is 0 Å². The number of nitrogens with one attached hydrogen (secondary N) is 1. The number of aromatic nitrogens is 1. The number of unbranched alkanes of at least 4 members (excludes halogenated alkanes) is 2. The Balaban J connectivity index is 2.45. The highest BCUT2D eigenvalue weighted by Gasteiger charge is 2.00. The fraction of sp³-hybridized carbons (Fsp3) is 0.500. The van der Waals surface area contributed by atoms with Gasteiger partial charge in [0.05, 0.1) is 5.69 Å². The number of carbonyl (C=O) groups excluding carboxylic acids is 1. The number of aryl methyl sites for hydroxylation is 1. The normalized spacial score (nSPS) is 10.1. The van der Waals surface area contributed by atoms with Gasteiger partial charge in [-0.3, -0.25) is 4.79 Å². The first-order valence-corrected chi connectivity index (χ1v) is 4.50. The molecule has 66 valence electrons. The van der Waals surface area contributed by atoms with E-state index in [2.05, 4.69) is 11.9 Å². The summed E-state index contributed by atoms with van der Waals surface area (Å²) in [5.41, 5.74) is 1.89. The van der Waals surface area contributed by atoms with Crippen molar-refractivity contribution in [2.45, 2.75) is 32.6 Å². The zero-order valence-corrected chi connectivity index (χ0v) is 7.47. The van der Waals surface area contributed by atoms with Gasteiger partial charge in [0, 0.05) is 6.20 Å². The van der Waals surface area contributed by atoms with Crippen LogP contribution in [0.4, 0.5) is 0 Å². The molecule has 2 heteroatoms. The van der Waals surface area contributed by atoms with E-state index in [4.69, 9.17) is 0 Å². The monoisotopic (exact) mass is 165 g/mol. The maximum atomic E-state index is 10.5. The average molecular weight is 165 g/mol. The van der Waals surface area contributed by atoms with Crippen molar-refractivity contribution in [3.05, 3.63) is 23.5 Å². The zero-order valence-electron chi connectivity index (χ0n) is 7.47. The number of hydrogen-bond acceptors (Lipinski definition) is 1. The summed E-state index contributed by atoms with van der Waals surface area (Å²) in [5, 5.41) is 0. The van der Waals surface area contributed by atoms with Crippen LogP contribution in [0, 0.1) is 0 Å². The molecule has 0 aliphatic heterocycles. The van der Waals surface area contributed by atoms with E-state index in [9.17, 15) is 4.79 Å². The van der Waals surface area contributed by atoms with Crippen molar-refractivity contribution in [3.63, 3.8) is 0 Å². The highest BCUT2D eigenvalue weighted by molar-refractivity contribution is 5.74. The van der Waals surface area contributed by atoms with Crippen LogP contribution in [0.5, 0.6) is 0 Å². The minimum atomic E-state index is 0.742. The fourth-order valence-corrected chi connectivity index (χ4v) is 1.31. The van der Waals surface area contributed by atoms with Crippen molar-refractivity contribution in [1.82, 2.24) is 4.98 Å². The lowest BCUT2D eigenvalue weighted by Gasteiger charge is -1.97. The lowest BCUT2D eigenvalue weighted by molar-refractivity contribution is 0.111. The average Bonchev–Trinajstić information content (AvgIpc) is 2.52. The Hall–Kier alpha value is -1.05. The van der Waals surface area contributed by atoms with Crippen LogP contribution in [0.1, 0.15) is 42.2 Å². The number of aromatic amines is 1. The van der Waals surface area contributed by atoms with Gasteiger partial charge in [0.15, 0.2) is 6.29 Å². The fourth-order valence-electron chi connectivity index (χ4n) is 1.31. The molecular formula is C10H15NO. The molecule has 0 spiro atoms. The van der Waals surface area contributed by atoms with Gasteiger partial charge >= 0.3 is 0 Å². The van der Waals surface area contributed by atoms with E-state index in [-0.39, 0.29) is 0 Å². The molecule has 1 aromatic heterocycles. The van der Waals surface area contributed by atoms with Crippen LogP contribution in [0.3, 0.4) is 0 Å². The van der Waals surface area contributed by atoms with E-state index in [1.54, 1.807) is 0 Å². The second-order valence-electron chi connectivity index (χ2n) is 2.99. The summed E-state index contributed by atoms with van der Waals surface area (Å²) in [6, 6.07) is 1.99. The van der Waals surface area contributed by atoms with Gasteiger partial charge in [-0.25, -0.2) is 0 Å². The molecule has 1 aromatic rings. The van der Waals surface area contributed by atoms with Crippen molar-refractivity contribution in [2.75, 3.05) is 0 Å². The molecule has 2 nitrogen and oxygen atoms in total. The summed E-state index contributed by atoms with van der Waals surface area (Å²) in [5.74, 6) is 0. The molecule has 0 saturated carbocycles. The number of rotatable bonds is 5. The largest absolute Gasteiger partial charge is 0.359 e. The maximum Gasteiger partial charge on any atom is 0.166 e. The first-order valence-electron chi connectivity index (χ1n) is 4.50. The summed E-state index contributed by atoms with van der Waals surface area (Å²) >= 11 is 0. The van der Waals surface area contributed by atoms with Crippen LogP contribution < -0.4 is 0 Å². The van der Waals surface area contributed by atoms with Crippen molar-refractivity contribution < 1.29 is 4.79 Å². The molecule has 1 N–H and O–H groups in total. The molecule has 0 saturated heterocycles. The molecule has 0 bridgehead atoms. The SMILES string of the molecule is CCCCCc1cc[nH]c1C=O. The zero-order chi connectivity index (χ0) is 8.81. The van der Waals surface area contributed by atoms with Crippen LogP contribution >= 0.6 is 0 Å². The minimum Gasteiger partial charge on any atom is -0.359 e. The Bertz CT molecular complexity index is 240. The Morgan fingerprint density at radius 3 is 3.00 bits per heavy atom. The number of H-pyrrole nitrogens is 1. The van der Waals surface area contributed by atoms with Gasteiger partial charge < -0.3 is 4.98 Å². The first-order chi connectivity index (χ1) is 5.88. The van der Waals surface area contributed by atoms with Crippen molar-refractivity contribution in [2.24, 2.45) is 0 Å². The number of hydrogen-bond donors (Lipinski definition) is 1. The summed E-state index contributed by atoms with van der Waals surface area (Å²) < 4.78 is 0. The van der Waals surface area contributed by atoms with Crippen LogP contribution in [-0.4, -0.2) is 11.3 Å². The van der Waals surface area contributed by atoms with E-state index < -0.39 is 0 Å². The molecule has 0 unspecified atom stereocenters. The topological polar surface area (TPSA) is 32.9 Å². The summed E-state index contributed by atoms with van der Waals surface area (Å²) in [6.07, 6.45) is 7.37. The lowest BCUT2D eigenvalue weighted by Crippen LogP contribution is -1.89. The van der Waals surface area contributed by atoms with Gasteiger partial charge in [-0.2, -0.15) is 0 Å². The molecule has 12 heavy (non-hydrogen) atoms. The van der Waals surface area contributed by atoms with E-state index in [1.165, 1.54) is 19.3 Å². The van der Waals surface area contributed by atoms with E-state index in [1.807, 2.05) is 12.3 Å². The molecule has 0 fully saturated rings. The standard InChI is InChI=1S/C10H15NO/c1-2-3-4-5-9-6-7-11-10(9)8-12/h6-8,11H,2-5H2,1H3. The van der Waals surface area contributed by atoms with Gasteiger partial charge in [-0.15, -0.1) is 0 Å². The predicted octanol–water partition coefficient (Wildman–Crippen LogP) is 2.56. The molecule has 0 aliphatic rings. The number of carbonyl (C=O) groups is 1. The van der Waals surface area contributed by atoms with Gasteiger partial charge in [0.2, 0.25) is 0 Å². The van der Waals surface area contributed by atoms with Gasteiger partial charge in [-0.05, 0) is 24.5 Å². The Labute approximate surface area is 73.0 Å². The third kappa shape index (κ3) is 2.22. The highest BCUT2D eigenvalue weighted by atomic mass is 16.1. The number of aldehydes is 1. The Kier molecular flexibility index (Phi) is 3.58. The highest BCUT2D eigenvalue weighted by Crippen LogP contribution is 2.09. The molecule has 0 radical (unpaired) electrons. The molecule has 1 heterocycles. The molecule has 0 aromatic carbocycles.